The van der Waals surface area contributed by atoms with Gasteiger partial charge in [-0.2, -0.15) is 0 Å². The van der Waals surface area contributed by atoms with Crippen molar-refractivity contribution in [1.29, 1.82) is 0 Å². The van der Waals surface area contributed by atoms with Crippen LogP contribution in [0.5, 0.6) is 0 Å². The lowest BCUT2D eigenvalue weighted by molar-refractivity contribution is -0.127. The molecule has 4 aliphatic carbocycles. The molecule has 4 aliphatic rings. The van der Waals surface area contributed by atoms with Crippen molar-refractivity contribution in [2.75, 3.05) is 0 Å². The van der Waals surface area contributed by atoms with E-state index in [1.165, 1.54) is 25.7 Å². The highest BCUT2D eigenvalue weighted by atomic mass is 16.3. The first kappa shape index (κ1) is 18.1. The van der Waals surface area contributed by atoms with Crippen molar-refractivity contribution in [2.45, 2.75) is 78.2 Å². The predicted molar refractivity (Wildman–Crippen MR) is 95.5 cm³/mol. The second-order valence-corrected chi connectivity index (χ2v) is 9.44. The molecular weight excluding hydrogens is 300 g/mol. The summed E-state index contributed by atoms with van der Waals surface area (Å²) in [6, 6.07) is 0. The molecule has 0 spiro atoms. The largest absolute Gasteiger partial charge is 0.412 e. The van der Waals surface area contributed by atoms with Crippen LogP contribution in [0.4, 0.5) is 0 Å². The van der Waals surface area contributed by atoms with Crippen LogP contribution in [0, 0.1) is 34.5 Å². The van der Waals surface area contributed by atoms with Crippen LogP contribution in [0.1, 0.15) is 72.1 Å². The molecule has 0 aliphatic heterocycles. The molecule has 3 fully saturated rings. The van der Waals surface area contributed by atoms with Crippen LogP contribution in [0.15, 0.2) is 11.6 Å². The molecule has 3 nitrogen and oxygen atoms in total. The van der Waals surface area contributed by atoms with Crippen LogP contribution in [0.2, 0.25) is 0 Å². The van der Waals surface area contributed by atoms with Gasteiger partial charge in [-0.05, 0) is 86.9 Å². The van der Waals surface area contributed by atoms with Crippen molar-refractivity contribution in [3.63, 3.8) is 0 Å². The monoisotopic (exact) mass is 334 g/mol. The molecule has 0 aromatic heterocycles. The minimum Gasteiger partial charge on any atom is -0.412 e. The number of aliphatic hydroxyl groups is 1. The maximum Gasteiger partial charge on any atom is 0.133 e. The Bertz CT molecular complexity index is 553. The van der Waals surface area contributed by atoms with Gasteiger partial charge in [0.15, 0.2) is 0 Å². The van der Waals surface area contributed by atoms with Gasteiger partial charge < -0.3 is 10.6 Å². The second-order valence-electron chi connectivity index (χ2n) is 9.44. The first-order valence-electron chi connectivity index (χ1n) is 9.74. The number of allylic oxidation sites excluding steroid dienone is 1. The summed E-state index contributed by atoms with van der Waals surface area (Å²) in [6.45, 7) is 6.70. The fourth-order valence-corrected chi connectivity index (χ4v) is 7.31. The van der Waals surface area contributed by atoms with Crippen molar-refractivity contribution in [2.24, 2.45) is 34.5 Å². The molecule has 0 heterocycles. The molecule has 7 atom stereocenters. The smallest absolute Gasteiger partial charge is 0.133 e. The Morgan fingerprint density at radius 1 is 1.12 bits per heavy atom. The molecule has 0 saturated heterocycles. The molecule has 0 bridgehead atoms. The third-order valence-electron chi connectivity index (χ3n) is 8.57. The SMILES string of the molecule is CC(=O)[C@H]1CC[C@H]2[C@@H]3CC=C4C[C@@H](O)CC[C@]4(C)[C@H]3CC[C@]12C.O. The lowest BCUT2D eigenvalue weighted by Crippen LogP contribution is -2.50. The lowest BCUT2D eigenvalue weighted by Gasteiger charge is -2.57. The summed E-state index contributed by atoms with van der Waals surface area (Å²) in [5, 5.41) is 10.1. The molecule has 4 rings (SSSR count). The van der Waals surface area contributed by atoms with Gasteiger partial charge in [0.25, 0.3) is 0 Å². The number of carbonyl (C=O) groups excluding carboxylic acids is 1. The molecular formula is C21H34O3. The molecule has 3 N–H and O–H groups in total. The van der Waals surface area contributed by atoms with Crippen molar-refractivity contribution >= 4 is 5.78 Å². The Hall–Kier alpha value is -0.670. The standard InChI is InChI=1S/C21H32O2.H2O/c1-13(22)17-6-7-18-16-5-4-14-12-15(23)8-10-20(14,2)19(16)9-11-21(17,18)3;/h4,15-19,23H,5-12H2,1-3H3;1H2/t15-,16-,17+,18-,19-,20-,21+;/m0./s1. The van der Waals surface area contributed by atoms with Crippen molar-refractivity contribution in [3.05, 3.63) is 11.6 Å². The highest BCUT2D eigenvalue weighted by Gasteiger charge is 2.59. The molecule has 0 aromatic rings. The number of rotatable bonds is 1. The van der Waals surface area contributed by atoms with Gasteiger partial charge in [-0.15, -0.1) is 0 Å². The zero-order valence-electron chi connectivity index (χ0n) is 15.5. The number of Topliss-reactive ketones (excluding diaryl/α,β-unsaturated/α-hetero) is 1. The highest BCUT2D eigenvalue weighted by molar-refractivity contribution is 5.79. The number of hydrogen-bond donors (Lipinski definition) is 1. The van der Waals surface area contributed by atoms with Gasteiger partial charge in [0.1, 0.15) is 5.78 Å². The Balaban J connectivity index is 0.00000169. The van der Waals surface area contributed by atoms with Gasteiger partial charge in [-0.25, -0.2) is 0 Å². The van der Waals surface area contributed by atoms with E-state index in [4.69, 9.17) is 0 Å². The van der Waals surface area contributed by atoms with Crippen LogP contribution in [-0.2, 0) is 4.79 Å². The summed E-state index contributed by atoms with van der Waals surface area (Å²) >= 11 is 0. The van der Waals surface area contributed by atoms with Crippen LogP contribution in [-0.4, -0.2) is 22.5 Å². The van der Waals surface area contributed by atoms with Crippen molar-refractivity contribution in [1.82, 2.24) is 0 Å². The van der Waals surface area contributed by atoms with E-state index in [9.17, 15) is 9.90 Å². The Labute approximate surface area is 146 Å². The maximum absolute atomic E-state index is 12.2. The summed E-state index contributed by atoms with van der Waals surface area (Å²) < 4.78 is 0. The van der Waals surface area contributed by atoms with Gasteiger partial charge in [-0.3, -0.25) is 4.79 Å². The zero-order chi connectivity index (χ0) is 16.4. The zero-order valence-corrected chi connectivity index (χ0v) is 15.5. The average Bonchev–Trinajstić information content (AvgIpc) is 2.85. The lowest BCUT2D eigenvalue weighted by atomic mass is 9.47. The van der Waals surface area contributed by atoms with E-state index in [1.807, 2.05) is 6.92 Å². The van der Waals surface area contributed by atoms with E-state index in [0.29, 0.717) is 17.1 Å². The summed E-state index contributed by atoms with van der Waals surface area (Å²) in [6.07, 6.45) is 11.5. The van der Waals surface area contributed by atoms with Gasteiger partial charge in [-0.1, -0.05) is 25.5 Å². The topological polar surface area (TPSA) is 68.8 Å². The summed E-state index contributed by atoms with van der Waals surface area (Å²) in [7, 11) is 0. The van der Waals surface area contributed by atoms with Gasteiger partial charge >= 0.3 is 0 Å². The molecule has 0 amide bonds. The minimum atomic E-state index is -0.117. The number of fused-ring (bicyclic) bond motifs is 5. The first-order valence-corrected chi connectivity index (χ1v) is 9.74. The summed E-state index contributed by atoms with van der Waals surface area (Å²) in [5.74, 6) is 3.00. The van der Waals surface area contributed by atoms with Crippen LogP contribution < -0.4 is 0 Å². The maximum atomic E-state index is 12.2. The fourth-order valence-electron chi connectivity index (χ4n) is 7.31. The third-order valence-corrected chi connectivity index (χ3v) is 8.57. The van der Waals surface area contributed by atoms with Gasteiger partial charge in [0.05, 0.1) is 6.10 Å². The van der Waals surface area contributed by atoms with E-state index >= 15 is 0 Å². The predicted octanol–water partition coefficient (Wildman–Crippen LogP) is 3.69. The van der Waals surface area contributed by atoms with Gasteiger partial charge in [0.2, 0.25) is 0 Å². The first-order chi connectivity index (χ1) is 10.9. The highest BCUT2D eigenvalue weighted by Crippen LogP contribution is 2.66. The average molecular weight is 335 g/mol. The molecule has 3 saturated carbocycles. The molecule has 0 unspecified atom stereocenters. The summed E-state index contributed by atoms with van der Waals surface area (Å²) in [5.41, 5.74) is 2.11. The van der Waals surface area contributed by atoms with E-state index in [2.05, 4.69) is 19.9 Å². The molecule has 24 heavy (non-hydrogen) atoms. The molecule has 136 valence electrons. The van der Waals surface area contributed by atoms with E-state index in [1.54, 1.807) is 5.57 Å². The van der Waals surface area contributed by atoms with E-state index < -0.39 is 0 Å². The van der Waals surface area contributed by atoms with Gasteiger partial charge in [0, 0.05) is 5.92 Å². The van der Waals surface area contributed by atoms with E-state index in [-0.39, 0.29) is 17.0 Å². The quantitative estimate of drug-likeness (QED) is 0.743. The number of aliphatic hydroxyl groups excluding tert-OH is 1. The minimum absolute atomic E-state index is 0. The fraction of sp³-hybridized carbons (Fsp3) is 0.857. The second kappa shape index (κ2) is 5.95. The Morgan fingerprint density at radius 2 is 1.88 bits per heavy atom. The Morgan fingerprint density at radius 3 is 2.58 bits per heavy atom. The van der Waals surface area contributed by atoms with E-state index in [0.717, 1.165) is 43.4 Å². The normalized spacial score (nSPS) is 50.0. The van der Waals surface area contributed by atoms with Crippen molar-refractivity contribution < 1.29 is 15.4 Å². The number of hydrogen-bond acceptors (Lipinski definition) is 2. The third kappa shape index (κ3) is 2.34. The number of carbonyl (C=O) groups is 1. The summed E-state index contributed by atoms with van der Waals surface area (Å²) in [4.78, 5) is 12.2. The molecule has 0 radical (unpaired) electrons. The van der Waals surface area contributed by atoms with Crippen LogP contribution >= 0.6 is 0 Å². The van der Waals surface area contributed by atoms with Crippen LogP contribution in [0.25, 0.3) is 0 Å². The van der Waals surface area contributed by atoms with Crippen molar-refractivity contribution in [3.8, 4) is 0 Å². The Kier molecular flexibility index (Phi) is 4.49. The van der Waals surface area contributed by atoms with Crippen LogP contribution in [0.3, 0.4) is 0 Å². The molecule has 3 heteroatoms. The number of ketones is 1. The molecule has 0 aromatic carbocycles.